The summed E-state index contributed by atoms with van der Waals surface area (Å²) in [7, 11) is 6.43. The zero-order valence-electron chi connectivity index (χ0n) is 21.0. The molecule has 2 aliphatic rings. The van der Waals surface area contributed by atoms with Gasteiger partial charge in [0.25, 0.3) is 11.6 Å². The molecule has 1 aromatic rings. The predicted octanol–water partition coefficient (Wildman–Crippen LogP) is 2.12. The van der Waals surface area contributed by atoms with Crippen molar-refractivity contribution in [1.29, 1.82) is 0 Å². The Morgan fingerprint density at radius 2 is 1.77 bits per heavy atom. The standard InChI is InChI=1S/C24H35N3O8/c1-15-21(33-5)13-26(3)24(29)18-12-16(27(30)31)6-8-19(18)34-14-22-20(32-4)9-7-17(35-22)10-11-25(2)23(15)28/h6,8,12,15,17,20-22H,7,9-11,13-14H2,1-5H3/t15-,17-,20-,21-,22+/m1/s1. The Morgan fingerprint density at radius 1 is 1.06 bits per heavy atom. The van der Waals surface area contributed by atoms with E-state index in [0.717, 1.165) is 12.8 Å². The molecule has 35 heavy (non-hydrogen) atoms. The van der Waals surface area contributed by atoms with Crippen LogP contribution >= 0.6 is 0 Å². The molecule has 1 aromatic carbocycles. The minimum atomic E-state index is -0.562. The number of carbonyl (C=O) groups excluding carboxylic acids is 2. The highest BCUT2D eigenvalue weighted by molar-refractivity contribution is 5.97. The molecule has 0 spiro atoms. The first-order valence-electron chi connectivity index (χ1n) is 11.8. The molecule has 0 unspecified atom stereocenters. The van der Waals surface area contributed by atoms with Crippen molar-refractivity contribution in [3.8, 4) is 5.75 Å². The molecule has 2 amide bonds. The summed E-state index contributed by atoms with van der Waals surface area (Å²) in [5, 5.41) is 11.4. The van der Waals surface area contributed by atoms with Crippen molar-refractivity contribution < 1.29 is 33.5 Å². The van der Waals surface area contributed by atoms with E-state index in [-0.39, 0.29) is 54.4 Å². The number of nitro benzene ring substituents is 1. The SMILES string of the molecule is CO[C@@H]1CC[C@@H]2CCN(C)C(=O)[C@H](C)[C@H](OC)CN(C)C(=O)c3cc([N+](=O)[O-])ccc3OC[C@@H]1O2. The Bertz CT molecular complexity index is 926. The van der Waals surface area contributed by atoms with E-state index in [0.29, 0.717) is 13.0 Å². The quantitative estimate of drug-likeness (QED) is 0.464. The Kier molecular flexibility index (Phi) is 9.03. The summed E-state index contributed by atoms with van der Waals surface area (Å²) in [5.74, 6) is -0.854. The zero-order valence-corrected chi connectivity index (χ0v) is 21.0. The Hall–Kier alpha value is -2.76. The molecule has 2 heterocycles. The van der Waals surface area contributed by atoms with Gasteiger partial charge in [-0.2, -0.15) is 0 Å². The van der Waals surface area contributed by atoms with Gasteiger partial charge in [-0.3, -0.25) is 19.7 Å². The first-order chi connectivity index (χ1) is 16.7. The van der Waals surface area contributed by atoms with E-state index in [1.54, 1.807) is 33.0 Å². The fourth-order valence-corrected chi connectivity index (χ4v) is 4.61. The molecule has 2 aliphatic heterocycles. The number of nitrogens with zero attached hydrogens (tertiary/aromatic N) is 3. The molecule has 0 saturated carbocycles. The normalized spacial score (nSPS) is 28.9. The fraction of sp³-hybridized carbons (Fsp3) is 0.667. The molecule has 0 N–H and O–H groups in total. The lowest BCUT2D eigenvalue weighted by Gasteiger charge is -2.37. The lowest BCUT2D eigenvalue weighted by Crippen LogP contribution is -2.47. The zero-order chi connectivity index (χ0) is 25.7. The number of carbonyl (C=O) groups is 2. The number of nitro groups is 1. The average molecular weight is 494 g/mol. The molecular formula is C24H35N3O8. The smallest absolute Gasteiger partial charge is 0.270 e. The topological polar surface area (TPSA) is 121 Å². The number of hydrogen-bond acceptors (Lipinski definition) is 8. The van der Waals surface area contributed by atoms with Crippen LogP contribution in [0.4, 0.5) is 5.69 Å². The minimum Gasteiger partial charge on any atom is -0.490 e. The van der Waals surface area contributed by atoms with Crippen molar-refractivity contribution in [1.82, 2.24) is 9.80 Å². The first-order valence-corrected chi connectivity index (χ1v) is 11.8. The van der Waals surface area contributed by atoms with Gasteiger partial charge >= 0.3 is 0 Å². The molecule has 5 atom stereocenters. The van der Waals surface area contributed by atoms with E-state index >= 15 is 0 Å². The van der Waals surface area contributed by atoms with Crippen molar-refractivity contribution >= 4 is 17.5 Å². The Labute approximate surface area is 205 Å². The van der Waals surface area contributed by atoms with Gasteiger partial charge in [-0.25, -0.2) is 0 Å². The monoisotopic (exact) mass is 493 g/mol. The van der Waals surface area contributed by atoms with Gasteiger partial charge < -0.3 is 28.7 Å². The van der Waals surface area contributed by atoms with Gasteiger partial charge in [0.2, 0.25) is 5.91 Å². The number of rotatable bonds is 3. The lowest BCUT2D eigenvalue weighted by molar-refractivity contribution is -0.384. The van der Waals surface area contributed by atoms with Gasteiger partial charge in [0, 0.05) is 53.5 Å². The van der Waals surface area contributed by atoms with Crippen LogP contribution in [0.15, 0.2) is 18.2 Å². The number of likely N-dealkylation sites (N-methyl/N-ethyl adjacent to an activating group) is 1. The Balaban J connectivity index is 1.98. The van der Waals surface area contributed by atoms with Crippen LogP contribution in [0.1, 0.15) is 36.5 Å². The summed E-state index contributed by atoms with van der Waals surface area (Å²) >= 11 is 0. The number of ether oxygens (including phenoxy) is 4. The highest BCUT2D eigenvalue weighted by atomic mass is 16.6. The lowest BCUT2D eigenvalue weighted by atomic mass is 9.98. The maximum Gasteiger partial charge on any atom is 0.270 e. The molecule has 194 valence electrons. The van der Waals surface area contributed by atoms with E-state index in [1.165, 1.54) is 30.2 Å². The number of fused-ring (bicyclic) bond motifs is 3. The average Bonchev–Trinajstić information content (AvgIpc) is 2.86. The number of amides is 2. The van der Waals surface area contributed by atoms with Gasteiger partial charge in [-0.15, -0.1) is 0 Å². The van der Waals surface area contributed by atoms with Gasteiger partial charge in [0.05, 0.1) is 34.7 Å². The molecule has 3 rings (SSSR count). The summed E-state index contributed by atoms with van der Waals surface area (Å²) in [6.07, 6.45) is 1.01. The van der Waals surface area contributed by atoms with Crippen LogP contribution in [0.3, 0.4) is 0 Å². The van der Waals surface area contributed by atoms with Crippen LogP contribution in [0.5, 0.6) is 5.75 Å². The molecule has 0 aliphatic carbocycles. The van der Waals surface area contributed by atoms with Crippen LogP contribution < -0.4 is 4.74 Å². The van der Waals surface area contributed by atoms with Gasteiger partial charge in [0.15, 0.2) is 0 Å². The maximum atomic E-state index is 13.4. The Morgan fingerprint density at radius 3 is 2.43 bits per heavy atom. The maximum absolute atomic E-state index is 13.4. The number of methoxy groups -OCH3 is 2. The summed E-state index contributed by atoms with van der Waals surface area (Å²) in [4.78, 5) is 40.3. The number of non-ortho nitro benzene ring substituents is 1. The van der Waals surface area contributed by atoms with Crippen molar-refractivity contribution in [3.63, 3.8) is 0 Å². The first kappa shape index (κ1) is 26.8. The van der Waals surface area contributed by atoms with Crippen LogP contribution in [-0.4, -0.2) is 99.0 Å². The highest BCUT2D eigenvalue weighted by Gasteiger charge is 2.34. The van der Waals surface area contributed by atoms with E-state index < -0.39 is 22.9 Å². The van der Waals surface area contributed by atoms with Gasteiger partial charge in [-0.1, -0.05) is 6.92 Å². The minimum absolute atomic E-state index is 0.0565. The summed E-state index contributed by atoms with van der Waals surface area (Å²) in [6, 6.07) is 3.94. The van der Waals surface area contributed by atoms with E-state index in [4.69, 9.17) is 18.9 Å². The van der Waals surface area contributed by atoms with Crippen molar-refractivity contribution in [3.05, 3.63) is 33.9 Å². The third-order valence-corrected chi connectivity index (χ3v) is 6.88. The van der Waals surface area contributed by atoms with Crippen LogP contribution in [0.25, 0.3) is 0 Å². The summed E-state index contributed by atoms with van der Waals surface area (Å²) in [6.45, 7) is 2.53. The molecule has 0 aromatic heterocycles. The van der Waals surface area contributed by atoms with Crippen molar-refractivity contribution in [2.75, 3.05) is 48.0 Å². The molecule has 2 bridgehead atoms. The van der Waals surface area contributed by atoms with Crippen molar-refractivity contribution in [2.24, 2.45) is 5.92 Å². The third-order valence-electron chi connectivity index (χ3n) is 6.88. The molecule has 1 saturated heterocycles. The second kappa shape index (κ2) is 11.8. The van der Waals surface area contributed by atoms with Gasteiger partial charge in [0.1, 0.15) is 18.5 Å². The van der Waals surface area contributed by atoms with Crippen molar-refractivity contribution in [2.45, 2.75) is 50.6 Å². The molecule has 1 fully saturated rings. The largest absolute Gasteiger partial charge is 0.490 e. The summed E-state index contributed by atoms with van der Waals surface area (Å²) in [5.41, 5.74) is -0.165. The molecule has 11 nitrogen and oxygen atoms in total. The number of hydrogen-bond donors (Lipinski definition) is 0. The van der Waals surface area contributed by atoms with Crippen LogP contribution in [0, 0.1) is 16.0 Å². The number of benzene rings is 1. The second-order valence-corrected chi connectivity index (χ2v) is 9.19. The second-order valence-electron chi connectivity index (χ2n) is 9.19. The van der Waals surface area contributed by atoms with Gasteiger partial charge in [-0.05, 0) is 25.3 Å². The fourth-order valence-electron chi connectivity index (χ4n) is 4.61. The third kappa shape index (κ3) is 6.28. The molecular weight excluding hydrogens is 458 g/mol. The highest BCUT2D eigenvalue weighted by Crippen LogP contribution is 2.29. The van der Waals surface area contributed by atoms with E-state index in [2.05, 4.69) is 0 Å². The predicted molar refractivity (Wildman–Crippen MR) is 126 cm³/mol. The van der Waals surface area contributed by atoms with E-state index in [9.17, 15) is 19.7 Å². The molecule has 0 radical (unpaired) electrons. The van der Waals surface area contributed by atoms with Crippen LogP contribution in [-0.2, 0) is 19.0 Å². The van der Waals surface area contributed by atoms with E-state index in [1.807, 2.05) is 0 Å². The van der Waals surface area contributed by atoms with Crippen LogP contribution in [0.2, 0.25) is 0 Å². The molecule has 11 heteroatoms. The summed E-state index contributed by atoms with van der Waals surface area (Å²) < 4.78 is 23.4.